The van der Waals surface area contributed by atoms with Gasteiger partial charge in [0.05, 0.1) is 12.7 Å². The van der Waals surface area contributed by atoms with Gasteiger partial charge >= 0.3 is 0 Å². The van der Waals surface area contributed by atoms with E-state index in [4.69, 9.17) is 10.4 Å². The molecule has 0 aromatic carbocycles. The van der Waals surface area contributed by atoms with Crippen molar-refractivity contribution in [2.45, 2.75) is 25.0 Å². The zero-order valence-corrected chi connectivity index (χ0v) is 7.02. The molecule has 2 nitrogen and oxygen atoms in total. The first kappa shape index (κ1) is 9.80. The summed E-state index contributed by atoms with van der Waals surface area (Å²) in [5.41, 5.74) is 0. The van der Waals surface area contributed by atoms with Gasteiger partial charge in [-0.3, -0.25) is 0 Å². The summed E-state index contributed by atoms with van der Waals surface area (Å²) in [5, 5.41) is 17.2. The van der Waals surface area contributed by atoms with Crippen molar-refractivity contribution in [1.29, 1.82) is 5.26 Å². The molecule has 1 N–H and O–H groups in total. The average Bonchev–Trinajstić information content (AvgIpc) is 1.98. The largest absolute Gasteiger partial charge is 0.396 e. The lowest BCUT2D eigenvalue weighted by molar-refractivity contribution is 0.322. The Hall–Kier alpha value is -0.200. The van der Waals surface area contributed by atoms with Crippen molar-refractivity contribution in [2.75, 3.05) is 12.4 Å². The monoisotopic (exact) mass is 159 g/mol. The van der Waals surface area contributed by atoms with Crippen LogP contribution in [0.2, 0.25) is 0 Å². The van der Waals surface area contributed by atoms with Crippen molar-refractivity contribution in [1.82, 2.24) is 0 Å². The van der Waals surface area contributed by atoms with Crippen molar-refractivity contribution in [3.8, 4) is 6.07 Å². The Labute approximate surface area is 66.2 Å². The molecule has 0 bridgehead atoms. The third kappa shape index (κ3) is 4.66. The lowest BCUT2D eigenvalue weighted by Gasteiger charge is -2.07. The molecule has 1 atom stereocenters. The quantitative estimate of drug-likeness (QED) is 0.659. The molecule has 10 heavy (non-hydrogen) atoms. The van der Waals surface area contributed by atoms with Crippen LogP contribution in [0.5, 0.6) is 0 Å². The molecule has 0 saturated heterocycles. The summed E-state index contributed by atoms with van der Waals surface area (Å²) in [7, 11) is 0. The maximum Gasteiger partial charge on any atom is 0.0633 e. The fraction of sp³-hybridized carbons (Fsp3) is 0.857. The maximum absolute atomic E-state index is 8.48. The van der Waals surface area contributed by atoms with Gasteiger partial charge in [-0.2, -0.15) is 17.0 Å². The number of nitrogens with zero attached hydrogens (tertiary/aromatic N) is 1. The fourth-order valence-corrected chi connectivity index (χ4v) is 1.51. The van der Waals surface area contributed by atoms with Gasteiger partial charge in [0, 0.05) is 17.4 Å². The van der Waals surface area contributed by atoms with Crippen molar-refractivity contribution in [2.24, 2.45) is 0 Å². The van der Waals surface area contributed by atoms with E-state index < -0.39 is 0 Å². The number of aliphatic hydroxyl groups is 1. The number of hydrogen-bond acceptors (Lipinski definition) is 3. The molecule has 0 aliphatic rings. The van der Waals surface area contributed by atoms with Crippen LogP contribution >= 0.6 is 11.8 Å². The molecule has 58 valence electrons. The molecule has 0 saturated carbocycles. The second-order valence-corrected chi connectivity index (χ2v) is 3.40. The van der Waals surface area contributed by atoms with Gasteiger partial charge in [-0.1, -0.05) is 6.92 Å². The van der Waals surface area contributed by atoms with Gasteiger partial charge in [0.15, 0.2) is 0 Å². The number of thioether (sulfide) groups is 1. The van der Waals surface area contributed by atoms with Gasteiger partial charge in [-0.25, -0.2) is 0 Å². The fourth-order valence-electron chi connectivity index (χ4n) is 0.642. The Balaban J connectivity index is 3.32. The second kappa shape index (κ2) is 6.91. The van der Waals surface area contributed by atoms with Crippen LogP contribution in [0, 0.1) is 11.3 Å². The molecule has 1 unspecified atom stereocenters. The molecule has 0 aromatic heterocycles. The standard InChI is InChI=1S/C7H13NOS/c1-2-7(3-4-8)10-6-5-9/h7,9H,2-3,5-6H2,1H3. The minimum absolute atomic E-state index is 0.215. The molecule has 0 heterocycles. The van der Waals surface area contributed by atoms with E-state index in [0.717, 1.165) is 12.2 Å². The highest BCUT2D eigenvalue weighted by Gasteiger charge is 2.03. The van der Waals surface area contributed by atoms with E-state index in [9.17, 15) is 0 Å². The van der Waals surface area contributed by atoms with Crippen LogP contribution in [-0.2, 0) is 0 Å². The minimum Gasteiger partial charge on any atom is -0.396 e. The van der Waals surface area contributed by atoms with E-state index >= 15 is 0 Å². The van der Waals surface area contributed by atoms with Crippen molar-refractivity contribution >= 4 is 11.8 Å². The molecule has 0 amide bonds. The normalized spacial score (nSPS) is 12.5. The summed E-state index contributed by atoms with van der Waals surface area (Å²) >= 11 is 1.67. The van der Waals surface area contributed by atoms with E-state index in [2.05, 4.69) is 13.0 Å². The highest BCUT2D eigenvalue weighted by Crippen LogP contribution is 2.16. The summed E-state index contributed by atoms with van der Waals surface area (Å²) in [5.74, 6) is 0.750. The van der Waals surface area contributed by atoms with Crippen LogP contribution < -0.4 is 0 Å². The van der Waals surface area contributed by atoms with Gasteiger partial charge in [0.1, 0.15) is 0 Å². The predicted molar refractivity (Wildman–Crippen MR) is 43.9 cm³/mol. The summed E-state index contributed by atoms with van der Waals surface area (Å²) in [6.07, 6.45) is 1.61. The van der Waals surface area contributed by atoms with E-state index in [1.54, 1.807) is 11.8 Å². The molecule has 0 spiro atoms. The predicted octanol–water partition coefficient (Wildman–Crippen LogP) is 1.40. The highest BCUT2D eigenvalue weighted by molar-refractivity contribution is 7.99. The smallest absolute Gasteiger partial charge is 0.0633 e. The van der Waals surface area contributed by atoms with Gasteiger partial charge < -0.3 is 5.11 Å². The lowest BCUT2D eigenvalue weighted by Crippen LogP contribution is -2.01. The highest BCUT2D eigenvalue weighted by atomic mass is 32.2. The van der Waals surface area contributed by atoms with Gasteiger partial charge in [-0.05, 0) is 6.42 Å². The van der Waals surface area contributed by atoms with Crippen molar-refractivity contribution < 1.29 is 5.11 Å². The van der Waals surface area contributed by atoms with Crippen molar-refractivity contribution in [3.05, 3.63) is 0 Å². The van der Waals surface area contributed by atoms with E-state index in [-0.39, 0.29) is 6.61 Å². The van der Waals surface area contributed by atoms with Crippen LogP contribution in [0.4, 0.5) is 0 Å². The van der Waals surface area contributed by atoms with E-state index in [1.807, 2.05) is 0 Å². The van der Waals surface area contributed by atoms with E-state index in [0.29, 0.717) is 11.7 Å². The molecule has 0 radical (unpaired) electrons. The Morgan fingerprint density at radius 3 is 2.80 bits per heavy atom. The van der Waals surface area contributed by atoms with Gasteiger partial charge in [-0.15, -0.1) is 0 Å². The first-order valence-corrected chi connectivity index (χ1v) is 4.49. The maximum atomic E-state index is 8.48. The number of nitriles is 1. The summed E-state index contributed by atoms with van der Waals surface area (Å²) in [6, 6.07) is 2.13. The van der Waals surface area contributed by atoms with Crippen LogP contribution in [-0.4, -0.2) is 22.7 Å². The number of hydrogen-bond donors (Lipinski definition) is 1. The Morgan fingerprint density at radius 1 is 1.70 bits per heavy atom. The number of aliphatic hydroxyl groups excluding tert-OH is 1. The first-order valence-electron chi connectivity index (χ1n) is 3.44. The zero-order chi connectivity index (χ0) is 7.82. The van der Waals surface area contributed by atoms with Crippen LogP contribution in [0.1, 0.15) is 19.8 Å². The summed E-state index contributed by atoms with van der Waals surface area (Å²) in [4.78, 5) is 0. The summed E-state index contributed by atoms with van der Waals surface area (Å²) < 4.78 is 0. The van der Waals surface area contributed by atoms with Gasteiger partial charge in [0.2, 0.25) is 0 Å². The Kier molecular flexibility index (Phi) is 6.78. The third-order valence-electron chi connectivity index (χ3n) is 1.22. The molecular formula is C7H13NOS. The molecule has 0 aliphatic heterocycles. The summed E-state index contributed by atoms with van der Waals surface area (Å²) in [6.45, 7) is 2.28. The minimum atomic E-state index is 0.215. The third-order valence-corrected chi connectivity index (χ3v) is 2.61. The first-order chi connectivity index (χ1) is 4.85. The van der Waals surface area contributed by atoms with Crippen LogP contribution in [0.15, 0.2) is 0 Å². The molecule has 0 aliphatic carbocycles. The van der Waals surface area contributed by atoms with Crippen molar-refractivity contribution in [3.63, 3.8) is 0 Å². The molecular weight excluding hydrogens is 146 g/mol. The van der Waals surface area contributed by atoms with Crippen LogP contribution in [0.25, 0.3) is 0 Å². The molecule has 0 rings (SSSR count). The second-order valence-electron chi connectivity index (χ2n) is 1.99. The molecule has 0 fully saturated rings. The number of rotatable bonds is 5. The Morgan fingerprint density at radius 2 is 2.40 bits per heavy atom. The average molecular weight is 159 g/mol. The van der Waals surface area contributed by atoms with Gasteiger partial charge in [0.25, 0.3) is 0 Å². The Bertz CT molecular complexity index is 111. The van der Waals surface area contributed by atoms with Crippen LogP contribution in [0.3, 0.4) is 0 Å². The topological polar surface area (TPSA) is 44.0 Å². The SMILES string of the molecule is CCC(CC#N)SCCO. The molecule has 3 heteroatoms. The molecule has 0 aromatic rings. The lowest BCUT2D eigenvalue weighted by atomic mass is 10.3. The zero-order valence-electron chi connectivity index (χ0n) is 6.21. The van der Waals surface area contributed by atoms with E-state index in [1.165, 1.54) is 0 Å².